The van der Waals surface area contributed by atoms with Crippen LogP contribution in [-0.2, 0) is 4.79 Å². The number of rotatable bonds is 1. The number of carbonyl (C=O) groups excluding carboxylic acids is 1. The van der Waals surface area contributed by atoms with Gasteiger partial charge in [-0.2, -0.15) is 0 Å². The highest BCUT2D eigenvalue weighted by molar-refractivity contribution is 5.82. The molecule has 4 heteroatoms. The van der Waals surface area contributed by atoms with Crippen molar-refractivity contribution in [1.29, 1.82) is 0 Å². The third kappa shape index (κ3) is 2.95. The summed E-state index contributed by atoms with van der Waals surface area (Å²) in [5, 5.41) is 6.56. The molecular weight excluding hydrogens is 202 g/mol. The maximum atomic E-state index is 12.2. The van der Waals surface area contributed by atoms with Crippen LogP contribution < -0.4 is 10.6 Å². The van der Waals surface area contributed by atoms with Crippen molar-refractivity contribution in [2.45, 2.75) is 32.2 Å². The van der Waals surface area contributed by atoms with Crippen molar-refractivity contribution in [3.05, 3.63) is 0 Å². The lowest BCUT2D eigenvalue weighted by molar-refractivity contribution is -0.133. The first-order valence-corrected chi connectivity index (χ1v) is 6.50. The van der Waals surface area contributed by atoms with Crippen molar-refractivity contribution in [3.63, 3.8) is 0 Å². The van der Waals surface area contributed by atoms with E-state index in [9.17, 15) is 4.79 Å². The SMILES string of the molecule is CC1CCCN(C(=O)C2CNCCN2)CC1. The fourth-order valence-electron chi connectivity index (χ4n) is 2.53. The molecule has 0 aromatic heterocycles. The van der Waals surface area contributed by atoms with Gasteiger partial charge in [0, 0.05) is 32.7 Å². The van der Waals surface area contributed by atoms with Gasteiger partial charge in [-0.05, 0) is 25.2 Å². The Hall–Kier alpha value is -0.610. The molecule has 92 valence electrons. The van der Waals surface area contributed by atoms with Crippen LogP contribution in [0.15, 0.2) is 0 Å². The zero-order valence-electron chi connectivity index (χ0n) is 10.2. The average Bonchev–Trinajstić information content (AvgIpc) is 2.54. The summed E-state index contributed by atoms with van der Waals surface area (Å²) in [5.74, 6) is 1.07. The van der Waals surface area contributed by atoms with E-state index in [1.807, 2.05) is 4.90 Å². The molecule has 2 unspecified atom stereocenters. The molecule has 1 amide bonds. The number of nitrogens with one attached hydrogen (secondary N) is 2. The van der Waals surface area contributed by atoms with Crippen molar-refractivity contribution in [2.24, 2.45) is 5.92 Å². The molecule has 2 aliphatic rings. The second-order valence-electron chi connectivity index (χ2n) is 5.07. The molecule has 2 N–H and O–H groups in total. The highest BCUT2D eigenvalue weighted by atomic mass is 16.2. The Balaban J connectivity index is 1.87. The zero-order valence-corrected chi connectivity index (χ0v) is 10.2. The van der Waals surface area contributed by atoms with Gasteiger partial charge in [0.2, 0.25) is 5.91 Å². The minimum absolute atomic E-state index is 0.00200. The molecule has 0 saturated carbocycles. The number of hydrogen-bond donors (Lipinski definition) is 2. The number of nitrogens with zero attached hydrogens (tertiary/aromatic N) is 1. The number of carbonyl (C=O) groups is 1. The van der Waals surface area contributed by atoms with Gasteiger partial charge in [-0.3, -0.25) is 4.79 Å². The minimum atomic E-state index is 0.00200. The smallest absolute Gasteiger partial charge is 0.241 e. The molecule has 0 aromatic rings. The van der Waals surface area contributed by atoms with Gasteiger partial charge < -0.3 is 15.5 Å². The highest BCUT2D eigenvalue weighted by Gasteiger charge is 2.26. The summed E-state index contributed by atoms with van der Waals surface area (Å²) >= 11 is 0. The molecule has 16 heavy (non-hydrogen) atoms. The third-order valence-electron chi connectivity index (χ3n) is 3.67. The Morgan fingerprint density at radius 1 is 1.25 bits per heavy atom. The largest absolute Gasteiger partial charge is 0.341 e. The van der Waals surface area contributed by atoms with Crippen LogP contribution in [-0.4, -0.2) is 49.6 Å². The molecule has 2 fully saturated rings. The molecule has 0 aliphatic carbocycles. The van der Waals surface area contributed by atoms with Crippen LogP contribution in [0.5, 0.6) is 0 Å². The van der Waals surface area contributed by atoms with Crippen molar-refractivity contribution >= 4 is 5.91 Å². The van der Waals surface area contributed by atoms with E-state index in [0.29, 0.717) is 5.91 Å². The predicted molar refractivity (Wildman–Crippen MR) is 64.3 cm³/mol. The fraction of sp³-hybridized carbons (Fsp3) is 0.917. The standard InChI is InChI=1S/C12H23N3O/c1-10-3-2-7-15(8-4-10)12(16)11-9-13-5-6-14-11/h10-11,13-14H,2-9H2,1H3. The van der Waals surface area contributed by atoms with Gasteiger partial charge in [-0.15, -0.1) is 0 Å². The van der Waals surface area contributed by atoms with Crippen LogP contribution in [0.3, 0.4) is 0 Å². The van der Waals surface area contributed by atoms with Gasteiger partial charge >= 0.3 is 0 Å². The minimum Gasteiger partial charge on any atom is -0.341 e. The van der Waals surface area contributed by atoms with Crippen molar-refractivity contribution in [1.82, 2.24) is 15.5 Å². The molecule has 4 nitrogen and oxygen atoms in total. The van der Waals surface area contributed by atoms with Gasteiger partial charge in [-0.1, -0.05) is 6.92 Å². The van der Waals surface area contributed by atoms with Gasteiger partial charge in [-0.25, -0.2) is 0 Å². The van der Waals surface area contributed by atoms with Crippen LogP contribution in [0, 0.1) is 5.92 Å². The van der Waals surface area contributed by atoms with Crippen molar-refractivity contribution in [2.75, 3.05) is 32.7 Å². The summed E-state index contributed by atoms with van der Waals surface area (Å²) in [5.41, 5.74) is 0. The van der Waals surface area contributed by atoms with E-state index in [2.05, 4.69) is 17.6 Å². The number of likely N-dealkylation sites (tertiary alicyclic amines) is 1. The maximum absolute atomic E-state index is 12.2. The lowest BCUT2D eigenvalue weighted by Gasteiger charge is -2.29. The summed E-state index contributed by atoms with van der Waals surface area (Å²) in [6.07, 6.45) is 3.58. The van der Waals surface area contributed by atoms with Gasteiger partial charge in [0.1, 0.15) is 0 Å². The molecule has 0 spiro atoms. The molecule has 0 radical (unpaired) electrons. The average molecular weight is 225 g/mol. The normalized spacial score (nSPS) is 32.2. The zero-order chi connectivity index (χ0) is 11.4. The van der Waals surface area contributed by atoms with Crippen LogP contribution in [0.4, 0.5) is 0 Å². The van der Waals surface area contributed by atoms with E-state index in [1.54, 1.807) is 0 Å². The van der Waals surface area contributed by atoms with Crippen molar-refractivity contribution < 1.29 is 4.79 Å². The topological polar surface area (TPSA) is 44.4 Å². The molecule has 2 atom stereocenters. The van der Waals surface area contributed by atoms with Crippen LogP contribution >= 0.6 is 0 Å². The number of hydrogen-bond acceptors (Lipinski definition) is 3. The molecule has 2 saturated heterocycles. The van der Waals surface area contributed by atoms with E-state index in [-0.39, 0.29) is 6.04 Å². The monoisotopic (exact) mass is 225 g/mol. The van der Waals surface area contributed by atoms with E-state index in [0.717, 1.165) is 51.5 Å². The van der Waals surface area contributed by atoms with Crippen LogP contribution in [0.2, 0.25) is 0 Å². The Bertz CT molecular complexity index is 238. The number of piperazine rings is 1. The Kier molecular flexibility index (Phi) is 4.18. The second-order valence-corrected chi connectivity index (χ2v) is 5.07. The van der Waals surface area contributed by atoms with Crippen molar-refractivity contribution in [3.8, 4) is 0 Å². The number of amides is 1. The first-order valence-electron chi connectivity index (χ1n) is 6.50. The van der Waals surface area contributed by atoms with Crippen LogP contribution in [0.1, 0.15) is 26.2 Å². The summed E-state index contributed by atoms with van der Waals surface area (Å²) in [6, 6.07) is 0.00200. The molecule has 0 aromatic carbocycles. The highest BCUT2D eigenvalue weighted by Crippen LogP contribution is 2.17. The van der Waals surface area contributed by atoms with E-state index >= 15 is 0 Å². The summed E-state index contributed by atoms with van der Waals surface area (Å²) < 4.78 is 0. The lowest BCUT2D eigenvalue weighted by atomic mass is 10.0. The van der Waals surface area contributed by atoms with Crippen LogP contribution in [0.25, 0.3) is 0 Å². The third-order valence-corrected chi connectivity index (χ3v) is 3.67. The molecule has 2 heterocycles. The fourth-order valence-corrected chi connectivity index (χ4v) is 2.53. The van der Waals surface area contributed by atoms with E-state index in [1.165, 1.54) is 6.42 Å². The van der Waals surface area contributed by atoms with Gasteiger partial charge in [0.05, 0.1) is 6.04 Å². The van der Waals surface area contributed by atoms with Gasteiger partial charge in [0.15, 0.2) is 0 Å². The Morgan fingerprint density at radius 3 is 2.88 bits per heavy atom. The summed E-state index contributed by atoms with van der Waals surface area (Å²) in [4.78, 5) is 14.3. The predicted octanol–water partition coefficient (Wildman–Crippen LogP) is 0.196. The summed E-state index contributed by atoms with van der Waals surface area (Å²) in [7, 11) is 0. The van der Waals surface area contributed by atoms with E-state index in [4.69, 9.17) is 0 Å². The molecule has 0 bridgehead atoms. The second kappa shape index (κ2) is 5.64. The van der Waals surface area contributed by atoms with Gasteiger partial charge in [0.25, 0.3) is 0 Å². The first kappa shape index (κ1) is 11.9. The Morgan fingerprint density at radius 2 is 2.12 bits per heavy atom. The first-order chi connectivity index (χ1) is 7.77. The molecule has 2 rings (SSSR count). The lowest BCUT2D eigenvalue weighted by Crippen LogP contribution is -2.56. The molecule has 2 aliphatic heterocycles. The van der Waals surface area contributed by atoms with E-state index < -0.39 is 0 Å². The molecular formula is C12H23N3O. The quantitative estimate of drug-likeness (QED) is 0.670. The Labute approximate surface area is 97.8 Å². The maximum Gasteiger partial charge on any atom is 0.241 e. The summed E-state index contributed by atoms with van der Waals surface area (Å²) in [6.45, 7) is 6.83.